The number of rotatable bonds is 6. The van der Waals surface area contributed by atoms with Crippen LogP contribution in [0.25, 0.3) is 5.69 Å². The number of hydrogen-bond acceptors (Lipinski definition) is 3. The number of amides is 1. The van der Waals surface area contributed by atoms with Gasteiger partial charge in [0.2, 0.25) is 0 Å². The molecule has 1 amide bonds. The topological polar surface area (TPSA) is 58.9 Å². The number of nitrogens with one attached hydrogen (secondary N) is 2. The minimum Gasteiger partial charge on any atom is -0.351 e. The fraction of sp³-hybridized carbons (Fsp3) is 0.286. The lowest BCUT2D eigenvalue weighted by atomic mass is 10.2. The number of nitrogens with zero attached hydrogens (tertiary/aromatic N) is 2. The van der Waals surface area contributed by atoms with Crippen molar-refractivity contribution < 1.29 is 4.79 Å². The molecule has 2 N–H and O–H groups in total. The van der Waals surface area contributed by atoms with Crippen LogP contribution >= 0.6 is 0 Å². The smallest absolute Gasteiger partial charge is 0.251 e. The van der Waals surface area contributed by atoms with Gasteiger partial charge < -0.3 is 10.6 Å². The van der Waals surface area contributed by atoms with Crippen LogP contribution in [0, 0.1) is 0 Å². The highest BCUT2D eigenvalue weighted by Gasteiger charge is 2.04. The van der Waals surface area contributed by atoms with E-state index in [1.807, 2.05) is 31.3 Å². The van der Waals surface area contributed by atoms with Crippen LogP contribution in [0.3, 0.4) is 0 Å². The van der Waals surface area contributed by atoms with Gasteiger partial charge in [0.15, 0.2) is 0 Å². The molecule has 0 fully saturated rings. The SMILES string of the molecule is CCNCCNC(=O)c1ccc(-n2cccn2)cc1. The van der Waals surface area contributed by atoms with Crippen LogP contribution < -0.4 is 10.6 Å². The van der Waals surface area contributed by atoms with Gasteiger partial charge in [-0.15, -0.1) is 0 Å². The molecule has 0 aliphatic rings. The highest BCUT2D eigenvalue weighted by Crippen LogP contribution is 2.08. The molecule has 19 heavy (non-hydrogen) atoms. The van der Waals surface area contributed by atoms with Gasteiger partial charge in [0.05, 0.1) is 5.69 Å². The fourth-order valence-corrected chi connectivity index (χ4v) is 1.73. The van der Waals surface area contributed by atoms with Gasteiger partial charge in [-0.05, 0) is 36.9 Å². The number of aromatic nitrogens is 2. The summed E-state index contributed by atoms with van der Waals surface area (Å²) in [7, 11) is 0. The fourth-order valence-electron chi connectivity index (χ4n) is 1.73. The molecule has 2 rings (SSSR count). The first-order valence-electron chi connectivity index (χ1n) is 6.40. The molecular formula is C14H18N4O. The summed E-state index contributed by atoms with van der Waals surface area (Å²) in [4.78, 5) is 11.8. The summed E-state index contributed by atoms with van der Waals surface area (Å²) >= 11 is 0. The molecule has 100 valence electrons. The Kier molecular flexibility index (Phi) is 4.69. The molecule has 0 unspecified atom stereocenters. The third-order valence-electron chi connectivity index (χ3n) is 2.74. The van der Waals surface area contributed by atoms with Crippen LogP contribution in [0.4, 0.5) is 0 Å². The lowest BCUT2D eigenvalue weighted by molar-refractivity contribution is 0.0954. The van der Waals surface area contributed by atoms with Gasteiger partial charge in [-0.1, -0.05) is 6.92 Å². The van der Waals surface area contributed by atoms with Crippen LogP contribution in [0.5, 0.6) is 0 Å². The Hall–Kier alpha value is -2.14. The van der Waals surface area contributed by atoms with Gasteiger partial charge >= 0.3 is 0 Å². The first kappa shape index (κ1) is 13.3. The number of hydrogen-bond donors (Lipinski definition) is 2. The van der Waals surface area contributed by atoms with Crippen molar-refractivity contribution in [2.24, 2.45) is 0 Å². The van der Waals surface area contributed by atoms with Gasteiger partial charge in [-0.25, -0.2) is 4.68 Å². The van der Waals surface area contributed by atoms with E-state index in [9.17, 15) is 4.79 Å². The second-order valence-electron chi connectivity index (χ2n) is 4.11. The van der Waals surface area contributed by atoms with Crippen LogP contribution in [-0.4, -0.2) is 35.3 Å². The van der Waals surface area contributed by atoms with Gasteiger partial charge in [-0.2, -0.15) is 5.10 Å². The van der Waals surface area contributed by atoms with Crippen molar-refractivity contribution in [2.75, 3.05) is 19.6 Å². The van der Waals surface area contributed by atoms with E-state index in [-0.39, 0.29) is 5.91 Å². The summed E-state index contributed by atoms with van der Waals surface area (Å²) in [5.41, 5.74) is 1.60. The van der Waals surface area contributed by atoms with E-state index in [0.29, 0.717) is 12.1 Å². The molecule has 0 spiro atoms. The zero-order valence-corrected chi connectivity index (χ0v) is 11.0. The second-order valence-corrected chi connectivity index (χ2v) is 4.11. The summed E-state index contributed by atoms with van der Waals surface area (Å²) in [6.45, 7) is 4.37. The van der Waals surface area contributed by atoms with Crippen LogP contribution in [0.1, 0.15) is 17.3 Å². The monoisotopic (exact) mass is 258 g/mol. The van der Waals surface area contributed by atoms with Crippen molar-refractivity contribution in [3.63, 3.8) is 0 Å². The van der Waals surface area contributed by atoms with Gasteiger partial charge in [0.25, 0.3) is 5.91 Å². The van der Waals surface area contributed by atoms with E-state index in [1.54, 1.807) is 23.0 Å². The van der Waals surface area contributed by atoms with Gasteiger partial charge in [-0.3, -0.25) is 4.79 Å². The van der Waals surface area contributed by atoms with E-state index >= 15 is 0 Å². The maximum atomic E-state index is 11.8. The Bertz CT molecular complexity index is 505. The lowest BCUT2D eigenvalue weighted by Crippen LogP contribution is -2.31. The molecule has 5 nitrogen and oxygen atoms in total. The zero-order chi connectivity index (χ0) is 13.5. The third kappa shape index (κ3) is 3.66. The van der Waals surface area contributed by atoms with E-state index in [2.05, 4.69) is 15.7 Å². The molecule has 0 saturated carbocycles. The zero-order valence-electron chi connectivity index (χ0n) is 11.0. The van der Waals surface area contributed by atoms with Crippen LogP contribution in [0.15, 0.2) is 42.7 Å². The molecular weight excluding hydrogens is 240 g/mol. The maximum Gasteiger partial charge on any atom is 0.251 e. The lowest BCUT2D eigenvalue weighted by Gasteiger charge is -2.06. The third-order valence-corrected chi connectivity index (χ3v) is 2.74. The summed E-state index contributed by atoms with van der Waals surface area (Å²) < 4.78 is 1.76. The molecule has 0 aliphatic heterocycles. The number of carbonyl (C=O) groups is 1. The van der Waals surface area contributed by atoms with E-state index in [1.165, 1.54) is 0 Å². The molecule has 1 heterocycles. The first-order valence-corrected chi connectivity index (χ1v) is 6.40. The molecule has 1 aromatic carbocycles. The minimum atomic E-state index is -0.0510. The summed E-state index contributed by atoms with van der Waals surface area (Å²) in [5.74, 6) is -0.0510. The molecule has 2 aromatic rings. The Balaban J connectivity index is 1.93. The van der Waals surface area contributed by atoms with Crippen LogP contribution in [-0.2, 0) is 0 Å². The van der Waals surface area contributed by atoms with Crippen molar-refractivity contribution in [3.05, 3.63) is 48.3 Å². The molecule has 0 bridgehead atoms. The Morgan fingerprint density at radius 3 is 2.68 bits per heavy atom. The molecule has 1 aromatic heterocycles. The van der Waals surface area contributed by atoms with E-state index in [4.69, 9.17) is 0 Å². The quantitative estimate of drug-likeness (QED) is 0.766. The second kappa shape index (κ2) is 6.70. The molecule has 0 atom stereocenters. The largest absolute Gasteiger partial charge is 0.351 e. The molecule has 0 aliphatic carbocycles. The molecule has 0 radical (unpaired) electrons. The number of benzene rings is 1. The van der Waals surface area contributed by atoms with Crippen molar-refractivity contribution in [1.29, 1.82) is 0 Å². The van der Waals surface area contributed by atoms with Gasteiger partial charge in [0.1, 0.15) is 0 Å². The van der Waals surface area contributed by atoms with E-state index < -0.39 is 0 Å². The predicted molar refractivity (Wildman–Crippen MR) is 74.4 cm³/mol. The summed E-state index contributed by atoms with van der Waals surface area (Å²) in [6, 6.07) is 9.24. The van der Waals surface area contributed by atoms with Crippen molar-refractivity contribution >= 4 is 5.91 Å². The van der Waals surface area contributed by atoms with Crippen molar-refractivity contribution in [1.82, 2.24) is 20.4 Å². The standard InChI is InChI=1S/C14H18N4O/c1-2-15-9-10-16-14(19)12-4-6-13(7-5-12)18-11-3-8-17-18/h3-8,11,15H,2,9-10H2,1H3,(H,16,19). The Morgan fingerprint density at radius 2 is 2.05 bits per heavy atom. The minimum absolute atomic E-state index is 0.0510. The van der Waals surface area contributed by atoms with Gasteiger partial charge in [0, 0.05) is 31.0 Å². The molecule has 0 saturated heterocycles. The first-order chi connectivity index (χ1) is 9.31. The maximum absolute atomic E-state index is 11.8. The van der Waals surface area contributed by atoms with Crippen molar-refractivity contribution in [2.45, 2.75) is 6.92 Å². The number of likely N-dealkylation sites (N-methyl/N-ethyl adjacent to an activating group) is 1. The Labute approximate surface area is 112 Å². The summed E-state index contributed by atoms with van der Waals surface area (Å²) in [5, 5.41) is 10.2. The summed E-state index contributed by atoms with van der Waals surface area (Å²) in [6.07, 6.45) is 3.59. The predicted octanol–water partition coefficient (Wildman–Crippen LogP) is 1.21. The van der Waals surface area contributed by atoms with E-state index in [0.717, 1.165) is 18.8 Å². The highest BCUT2D eigenvalue weighted by molar-refractivity contribution is 5.94. The highest BCUT2D eigenvalue weighted by atomic mass is 16.1. The average Bonchev–Trinajstić information content (AvgIpc) is 2.98. The normalized spacial score (nSPS) is 10.4. The average molecular weight is 258 g/mol. The Morgan fingerprint density at radius 1 is 1.26 bits per heavy atom. The van der Waals surface area contributed by atoms with Crippen LogP contribution in [0.2, 0.25) is 0 Å². The molecule has 5 heteroatoms. The van der Waals surface area contributed by atoms with Crippen molar-refractivity contribution in [3.8, 4) is 5.69 Å². The number of carbonyl (C=O) groups excluding carboxylic acids is 1.